The Balaban J connectivity index is 1.88. The molecule has 1 atom stereocenters. The zero-order valence-corrected chi connectivity index (χ0v) is 10.4. The van der Waals surface area contributed by atoms with Crippen molar-refractivity contribution >= 4 is 11.8 Å². The Kier molecular flexibility index (Phi) is 3.99. The molecule has 2 amide bonds. The van der Waals surface area contributed by atoms with E-state index in [1.165, 1.54) is 0 Å². The molecule has 2 heterocycles. The van der Waals surface area contributed by atoms with Gasteiger partial charge in [0.25, 0.3) is 0 Å². The molecule has 0 saturated carbocycles. The van der Waals surface area contributed by atoms with E-state index in [1.54, 1.807) is 4.90 Å². The number of nitrogens with zero attached hydrogens (tertiary/aromatic N) is 2. The van der Waals surface area contributed by atoms with Crippen molar-refractivity contribution in [2.45, 2.75) is 32.2 Å². The average Bonchev–Trinajstić information content (AvgIpc) is 2.85. The van der Waals surface area contributed by atoms with Crippen LogP contribution in [0.25, 0.3) is 0 Å². The van der Waals surface area contributed by atoms with Gasteiger partial charge in [0.1, 0.15) is 0 Å². The number of hydrogen-bond donors (Lipinski definition) is 1. The summed E-state index contributed by atoms with van der Waals surface area (Å²) in [5.41, 5.74) is 0. The van der Waals surface area contributed by atoms with Crippen LogP contribution >= 0.6 is 0 Å². The van der Waals surface area contributed by atoms with Crippen molar-refractivity contribution < 1.29 is 9.59 Å². The Hall–Kier alpha value is -1.10. The van der Waals surface area contributed by atoms with Gasteiger partial charge in [-0.15, -0.1) is 0 Å². The van der Waals surface area contributed by atoms with Gasteiger partial charge in [-0.1, -0.05) is 6.92 Å². The van der Waals surface area contributed by atoms with Crippen LogP contribution in [0.15, 0.2) is 0 Å². The largest absolute Gasteiger partial charge is 0.341 e. The number of rotatable bonds is 3. The minimum absolute atomic E-state index is 0.0753. The van der Waals surface area contributed by atoms with Crippen molar-refractivity contribution in [2.75, 3.05) is 32.7 Å². The molecule has 1 N–H and O–H groups in total. The lowest BCUT2D eigenvalue weighted by Crippen LogP contribution is -2.56. The molecule has 5 nitrogen and oxygen atoms in total. The fraction of sp³-hybridized carbons (Fsp3) is 0.833. The Morgan fingerprint density at radius 3 is 2.71 bits per heavy atom. The van der Waals surface area contributed by atoms with Gasteiger partial charge in [-0.25, -0.2) is 0 Å². The molecule has 0 aromatic heterocycles. The van der Waals surface area contributed by atoms with Crippen LogP contribution in [0.5, 0.6) is 0 Å². The van der Waals surface area contributed by atoms with E-state index in [2.05, 4.69) is 5.32 Å². The molecule has 2 rings (SSSR count). The van der Waals surface area contributed by atoms with E-state index in [1.807, 2.05) is 11.8 Å². The highest BCUT2D eigenvalue weighted by Gasteiger charge is 2.29. The third-order valence-electron chi connectivity index (χ3n) is 3.58. The van der Waals surface area contributed by atoms with Gasteiger partial charge in [0.15, 0.2) is 0 Å². The molecular formula is C12H21N3O2. The maximum atomic E-state index is 12.0. The number of carbonyl (C=O) groups excluding carboxylic acids is 2. The first-order valence-corrected chi connectivity index (χ1v) is 6.52. The van der Waals surface area contributed by atoms with Crippen LogP contribution in [0.4, 0.5) is 0 Å². The Bertz CT molecular complexity index is 300. The summed E-state index contributed by atoms with van der Waals surface area (Å²) in [5, 5.41) is 3.18. The number of nitrogens with one attached hydrogen (secondary N) is 1. The van der Waals surface area contributed by atoms with Crippen LogP contribution in [-0.2, 0) is 9.59 Å². The van der Waals surface area contributed by atoms with Crippen LogP contribution in [-0.4, -0.2) is 60.4 Å². The molecular weight excluding hydrogens is 218 g/mol. The van der Waals surface area contributed by atoms with Crippen LogP contribution in [0.3, 0.4) is 0 Å². The molecule has 0 radical (unpaired) electrons. The second-order valence-corrected chi connectivity index (χ2v) is 4.76. The van der Waals surface area contributed by atoms with Gasteiger partial charge in [-0.3, -0.25) is 9.59 Å². The monoisotopic (exact) mass is 239 g/mol. The van der Waals surface area contributed by atoms with E-state index in [4.69, 9.17) is 0 Å². The summed E-state index contributed by atoms with van der Waals surface area (Å²) >= 11 is 0. The number of piperazine rings is 1. The van der Waals surface area contributed by atoms with Crippen LogP contribution in [0.2, 0.25) is 0 Å². The predicted octanol–water partition coefficient (Wildman–Crippen LogP) is -0.181. The van der Waals surface area contributed by atoms with Gasteiger partial charge in [-0.2, -0.15) is 0 Å². The molecule has 0 aromatic carbocycles. The summed E-state index contributed by atoms with van der Waals surface area (Å²) in [6.45, 7) is 5.40. The summed E-state index contributed by atoms with van der Waals surface area (Å²) < 4.78 is 0. The van der Waals surface area contributed by atoms with Gasteiger partial charge in [0.05, 0.1) is 12.6 Å². The predicted molar refractivity (Wildman–Crippen MR) is 64.5 cm³/mol. The molecule has 5 heteroatoms. The second kappa shape index (κ2) is 5.49. The highest BCUT2D eigenvalue weighted by Crippen LogP contribution is 2.10. The van der Waals surface area contributed by atoms with Crippen molar-refractivity contribution in [1.29, 1.82) is 0 Å². The maximum absolute atomic E-state index is 12.0. The summed E-state index contributed by atoms with van der Waals surface area (Å²) in [6, 6.07) is -0.102. The zero-order valence-electron chi connectivity index (χ0n) is 10.4. The van der Waals surface area contributed by atoms with E-state index in [0.717, 1.165) is 38.9 Å². The molecule has 2 saturated heterocycles. The van der Waals surface area contributed by atoms with Crippen molar-refractivity contribution in [3.63, 3.8) is 0 Å². The zero-order chi connectivity index (χ0) is 12.3. The lowest BCUT2D eigenvalue weighted by Gasteiger charge is -2.33. The number of amides is 2. The molecule has 0 bridgehead atoms. The lowest BCUT2D eigenvalue weighted by molar-refractivity contribution is -0.142. The topological polar surface area (TPSA) is 52.7 Å². The molecule has 2 aliphatic rings. The highest BCUT2D eigenvalue weighted by atomic mass is 16.2. The summed E-state index contributed by atoms with van der Waals surface area (Å²) in [6.07, 6.45) is 2.98. The van der Waals surface area contributed by atoms with Gasteiger partial charge < -0.3 is 15.1 Å². The Morgan fingerprint density at radius 2 is 2.06 bits per heavy atom. The van der Waals surface area contributed by atoms with Crippen LogP contribution < -0.4 is 5.32 Å². The molecule has 2 aliphatic heterocycles. The van der Waals surface area contributed by atoms with E-state index in [9.17, 15) is 9.59 Å². The smallest absolute Gasteiger partial charge is 0.242 e. The third-order valence-corrected chi connectivity index (χ3v) is 3.58. The fourth-order valence-electron chi connectivity index (χ4n) is 2.50. The second-order valence-electron chi connectivity index (χ2n) is 4.76. The first-order valence-electron chi connectivity index (χ1n) is 6.52. The Morgan fingerprint density at radius 1 is 1.35 bits per heavy atom. The molecule has 1 unspecified atom stereocenters. The molecule has 96 valence electrons. The maximum Gasteiger partial charge on any atom is 0.242 e. The van der Waals surface area contributed by atoms with Crippen LogP contribution in [0, 0.1) is 0 Å². The average molecular weight is 239 g/mol. The highest BCUT2D eigenvalue weighted by molar-refractivity contribution is 5.88. The SMILES string of the molecule is CCC1NCCN(CC(=O)N2CCCC2)C1=O. The van der Waals surface area contributed by atoms with Crippen molar-refractivity contribution in [3.8, 4) is 0 Å². The minimum Gasteiger partial charge on any atom is -0.341 e. The van der Waals surface area contributed by atoms with E-state index in [-0.39, 0.29) is 24.4 Å². The molecule has 0 aromatic rings. The van der Waals surface area contributed by atoms with Crippen molar-refractivity contribution in [3.05, 3.63) is 0 Å². The number of hydrogen-bond acceptors (Lipinski definition) is 3. The summed E-state index contributed by atoms with van der Waals surface area (Å²) in [5.74, 6) is 0.180. The van der Waals surface area contributed by atoms with Crippen molar-refractivity contribution in [2.24, 2.45) is 0 Å². The van der Waals surface area contributed by atoms with Gasteiger partial charge in [-0.05, 0) is 19.3 Å². The first-order chi connectivity index (χ1) is 8.22. The normalized spacial score (nSPS) is 25.5. The number of likely N-dealkylation sites (tertiary alicyclic amines) is 1. The molecule has 2 fully saturated rings. The van der Waals surface area contributed by atoms with Gasteiger partial charge in [0.2, 0.25) is 11.8 Å². The first kappa shape index (κ1) is 12.4. The molecule has 0 spiro atoms. The lowest BCUT2D eigenvalue weighted by atomic mass is 10.1. The van der Waals surface area contributed by atoms with Gasteiger partial charge in [0, 0.05) is 26.2 Å². The number of carbonyl (C=O) groups is 2. The quantitative estimate of drug-likeness (QED) is 0.743. The summed E-state index contributed by atoms with van der Waals surface area (Å²) in [4.78, 5) is 27.5. The fourth-order valence-corrected chi connectivity index (χ4v) is 2.50. The van der Waals surface area contributed by atoms with Crippen LogP contribution in [0.1, 0.15) is 26.2 Å². The Labute approximate surface area is 102 Å². The van der Waals surface area contributed by atoms with E-state index >= 15 is 0 Å². The third kappa shape index (κ3) is 2.77. The van der Waals surface area contributed by atoms with E-state index < -0.39 is 0 Å². The minimum atomic E-state index is -0.102. The van der Waals surface area contributed by atoms with Gasteiger partial charge >= 0.3 is 0 Å². The van der Waals surface area contributed by atoms with Crippen molar-refractivity contribution in [1.82, 2.24) is 15.1 Å². The molecule has 0 aliphatic carbocycles. The standard InChI is InChI=1S/C12H21N3O2/c1-2-10-12(17)15(8-5-13-10)9-11(16)14-6-3-4-7-14/h10,13H,2-9H2,1H3. The summed E-state index contributed by atoms with van der Waals surface area (Å²) in [7, 11) is 0. The van der Waals surface area contributed by atoms with E-state index in [0.29, 0.717) is 6.54 Å². The molecule has 17 heavy (non-hydrogen) atoms.